The fourth-order valence-electron chi connectivity index (χ4n) is 1.55. The van der Waals surface area contributed by atoms with Crippen molar-refractivity contribution in [3.05, 3.63) is 36.0 Å². The molecule has 0 aliphatic carbocycles. The molecular formula is C13H17N3O. The van der Waals surface area contributed by atoms with Crippen molar-refractivity contribution >= 4 is 0 Å². The lowest BCUT2D eigenvalue weighted by Gasteiger charge is -2.08. The van der Waals surface area contributed by atoms with Gasteiger partial charge in [0.15, 0.2) is 5.82 Å². The van der Waals surface area contributed by atoms with Crippen molar-refractivity contribution in [2.24, 2.45) is 0 Å². The Bertz CT molecular complexity index is 477. The normalized spacial score (nSPS) is 11.1. The largest absolute Gasteiger partial charge is 0.472 e. The molecule has 0 aliphatic heterocycles. The van der Waals surface area contributed by atoms with Crippen molar-refractivity contribution in [3.8, 4) is 11.4 Å². The van der Waals surface area contributed by atoms with Crippen LogP contribution in [0.2, 0.25) is 0 Å². The van der Waals surface area contributed by atoms with Crippen molar-refractivity contribution < 1.29 is 4.42 Å². The Labute approximate surface area is 101 Å². The molecular weight excluding hydrogens is 214 g/mol. The second-order valence-electron chi connectivity index (χ2n) is 4.37. The SMILES string of the molecule is Cc1cc(CNC(C)C)nc(-c2ccoc2)n1. The van der Waals surface area contributed by atoms with Crippen LogP contribution in [0.15, 0.2) is 29.1 Å². The Morgan fingerprint density at radius 3 is 2.82 bits per heavy atom. The standard InChI is InChI=1S/C13H17N3O/c1-9(2)14-7-12-6-10(3)15-13(16-12)11-4-5-17-8-11/h4-6,8-9,14H,7H2,1-3H3. The first kappa shape index (κ1) is 11.8. The summed E-state index contributed by atoms with van der Waals surface area (Å²) in [5, 5.41) is 3.35. The molecule has 1 N–H and O–H groups in total. The van der Waals surface area contributed by atoms with E-state index in [0.29, 0.717) is 6.04 Å². The lowest BCUT2D eigenvalue weighted by atomic mass is 10.2. The van der Waals surface area contributed by atoms with Gasteiger partial charge in [-0.05, 0) is 19.1 Å². The Morgan fingerprint density at radius 2 is 2.18 bits per heavy atom. The smallest absolute Gasteiger partial charge is 0.162 e. The molecule has 2 heterocycles. The third-order valence-corrected chi connectivity index (χ3v) is 2.38. The van der Waals surface area contributed by atoms with Gasteiger partial charge in [-0.25, -0.2) is 9.97 Å². The van der Waals surface area contributed by atoms with Gasteiger partial charge in [-0.2, -0.15) is 0 Å². The summed E-state index contributed by atoms with van der Waals surface area (Å²) in [5.74, 6) is 0.722. The molecule has 0 spiro atoms. The summed E-state index contributed by atoms with van der Waals surface area (Å²) >= 11 is 0. The van der Waals surface area contributed by atoms with Crippen LogP contribution in [0.4, 0.5) is 0 Å². The van der Waals surface area contributed by atoms with E-state index in [0.717, 1.165) is 29.3 Å². The Kier molecular flexibility index (Phi) is 3.54. The van der Waals surface area contributed by atoms with Crippen LogP contribution in [0.25, 0.3) is 11.4 Å². The molecule has 0 amide bonds. The highest BCUT2D eigenvalue weighted by Gasteiger charge is 2.06. The topological polar surface area (TPSA) is 51.0 Å². The molecule has 4 heteroatoms. The predicted molar refractivity (Wildman–Crippen MR) is 66.4 cm³/mol. The molecule has 2 aromatic heterocycles. The summed E-state index contributed by atoms with van der Waals surface area (Å²) in [6.45, 7) is 6.96. The van der Waals surface area contributed by atoms with E-state index in [2.05, 4.69) is 29.1 Å². The van der Waals surface area contributed by atoms with Gasteiger partial charge in [-0.3, -0.25) is 0 Å². The van der Waals surface area contributed by atoms with Crippen LogP contribution >= 0.6 is 0 Å². The zero-order valence-electron chi connectivity index (χ0n) is 10.4. The van der Waals surface area contributed by atoms with E-state index in [1.807, 2.05) is 19.1 Å². The highest BCUT2D eigenvalue weighted by atomic mass is 16.3. The first-order valence-electron chi connectivity index (χ1n) is 5.75. The van der Waals surface area contributed by atoms with Crippen LogP contribution in [-0.2, 0) is 6.54 Å². The van der Waals surface area contributed by atoms with E-state index in [1.165, 1.54) is 0 Å². The number of hydrogen-bond donors (Lipinski definition) is 1. The number of nitrogens with zero attached hydrogens (tertiary/aromatic N) is 2. The summed E-state index contributed by atoms with van der Waals surface area (Å²) in [7, 11) is 0. The number of nitrogens with one attached hydrogen (secondary N) is 1. The molecule has 0 saturated heterocycles. The second-order valence-corrected chi connectivity index (χ2v) is 4.37. The zero-order valence-corrected chi connectivity index (χ0v) is 10.4. The van der Waals surface area contributed by atoms with Crippen molar-refractivity contribution in [3.63, 3.8) is 0 Å². The minimum atomic E-state index is 0.447. The van der Waals surface area contributed by atoms with Crippen LogP contribution < -0.4 is 5.32 Å². The molecule has 17 heavy (non-hydrogen) atoms. The van der Waals surface area contributed by atoms with Gasteiger partial charge in [0.25, 0.3) is 0 Å². The molecule has 2 aromatic rings. The van der Waals surface area contributed by atoms with Crippen LogP contribution in [-0.4, -0.2) is 16.0 Å². The quantitative estimate of drug-likeness (QED) is 0.878. The van der Waals surface area contributed by atoms with Gasteiger partial charge in [-0.1, -0.05) is 13.8 Å². The lowest BCUT2D eigenvalue weighted by molar-refractivity contribution is 0.567. The summed E-state index contributed by atoms with van der Waals surface area (Å²) in [6, 6.07) is 4.32. The number of furan rings is 1. The Morgan fingerprint density at radius 1 is 1.35 bits per heavy atom. The number of hydrogen-bond acceptors (Lipinski definition) is 4. The maximum atomic E-state index is 5.05. The first-order chi connectivity index (χ1) is 8.15. The lowest BCUT2D eigenvalue weighted by Crippen LogP contribution is -2.22. The molecule has 0 bridgehead atoms. The summed E-state index contributed by atoms with van der Waals surface area (Å²) < 4.78 is 5.05. The monoisotopic (exact) mass is 231 g/mol. The Hall–Kier alpha value is -1.68. The van der Waals surface area contributed by atoms with E-state index in [1.54, 1.807) is 12.5 Å². The van der Waals surface area contributed by atoms with Gasteiger partial charge in [0, 0.05) is 18.3 Å². The van der Waals surface area contributed by atoms with E-state index in [4.69, 9.17) is 4.42 Å². The molecule has 90 valence electrons. The minimum absolute atomic E-state index is 0.447. The maximum Gasteiger partial charge on any atom is 0.162 e. The molecule has 0 fully saturated rings. The van der Waals surface area contributed by atoms with Crippen LogP contribution in [0, 0.1) is 6.92 Å². The van der Waals surface area contributed by atoms with Crippen LogP contribution in [0.3, 0.4) is 0 Å². The molecule has 0 unspecified atom stereocenters. The van der Waals surface area contributed by atoms with Gasteiger partial charge >= 0.3 is 0 Å². The molecule has 0 atom stereocenters. The molecule has 0 saturated carbocycles. The predicted octanol–water partition coefficient (Wildman–Crippen LogP) is 2.54. The zero-order chi connectivity index (χ0) is 12.3. The van der Waals surface area contributed by atoms with Crippen LogP contribution in [0.5, 0.6) is 0 Å². The highest BCUT2D eigenvalue weighted by Crippen LogP contribution is 2.16. The third kappa shape index (κ3) is 3.14. The van der Waals surface area contributed by atoms with Gasteiger partial charge in [-0.15, -0.1) is 0 Å². The summed E-state index contributed by atoms with van der Waals surface area (Å²) in [5.41, 5.74) is 2.89. The van der Waals surface area contributed by atoms with E-state index >= 15 is 0 Å². The number of aromatic nitrogens is 2. The van der Waals surface area contributed by atoms with Gasteiger partial charge in [0.1, 0.15) is 6.26 Å². The summed E-state index contributed by atoms with van der Waals surface area (Å²) in [4.78, 5) is 8.92. The average molecular weight is 231 g/mol. The van der Waals surface area contributed by atoms with Crippen molar-refractivity contribution in [1.29, 1.82) is 0 Å². The first-order valence-corrected chi connectivity index (χ1v) is 5.75. The number of rotatable bonds is 4. The van der Waals surface area contributed by atoms with Gasteiger partial charge in [0.2, 0.25) is 0 Å². The van der Waals surface area contributed by atoms with E-state index in [9.17, 15) is 0 Å². The average Bonchev–Trinajstić information content (AvgIpc) is 2.79. The maximum absolute atomic E-state index is 5.05. The Balaban J connectivity index is 2.24. The fourth-order valence-corrected chi connectivity index (χ4v) is 1.55. The third-order valence-electron chi connectivity index (χ3n) is 2.38. The highest BCUT2D eigenvalue weighted by molar-refractivity contribution is 5.52. The van der Waals surface area contributed by atoms with E-state index in [-0.39, 0.29) is 0 Å². The van der Waals surface area contributed by atoms with Crippen molar-refractivity contribution in [2.45, 2.75) is 33.4 Å². The van der Waals surface area contributed by atoms with Crippen molar-refractivity contribution in [1.82, 2.24) is 15.3 Å². The fraction of sp³-hybridized carbons (Fsp3) is 0.385. The molecule has 0 radical (unpaired) electrons. The number of aryl methyl sites for hydroxylation is 1. The van der Waals surface area contributed by atoms with Crippen molar-refractivity contribution in [2.75, 3.05) is 0 Å². The van der Waals surface area contributed by atoms with E-state index < -0.39 is 0 Å². The van der Waals surface area contributed by atoms with Gasteiger partial charge < -0.3 is 9.73 Å². The van der Waals surface area contributed by atoms with Gasteiger partial charge in [0.05, 0.1) is 17.5 Å². The summed E-state index contributed by atoms with van der Waals surface area (Å²) in [6.07, 6.45) is 3.29. The molecule has 0 aliphatic rings. The molecule has 4 nitrogen and oxygen atoms in total. The molecule has 2 rings (SSSR count). The minimum Gasteiger partial charge on any atom is -0.472 e. The second kappa shape index (κ2) is 5.10. The molecule has 0 aromatic carbocycles. The van der Waals surface area contributed by atoms with Crippen LogP contribution in [0.1, 0.15) is 25.2 Å².